The summed E-state index contributed by atoms with van der Waals surface area (Å²) in [4.78, 5) is -0.721. The Kier molecular flexibility index (Phi) is 4.54. The topological polar surface area (TPSA) is 58.2 Å². The average Bonchev–Trinajstić information content (AvgIpc) is 2.42. The van der Waals surface area contributed by atoms with E-state index >= 15 is 0 Å². The fourth-order valence-corrected chi connectivity index (χ4v) is 2.98. The van der Waals surface area contributed by atoms with Gasteiger partial charge in [0.25, 0.3) is 10.0 Å². The van der Waals surface area contributed by atoms with Crippen molar-refractivity contribution in [2.45, 2.75) is 11.4 Å². The van der Waals surface area contributed by atoms with E-state index in [9.17, 15) is 17.2 Å². The number of hydrogen-bond acceptors (Lipinski definition) is 3. The lowest BCUT2D eigenvalue weighted by atomic mass is 10.2. The smallest absolute Gasteiger partial charge is 0.264 e. The molecule has 0 saturated heterocycles. The lowest BCUT2D eigenvalue weighted by Crippen LogP contribution is -2.15. The van der Waals surface area contributed by atoms with Crippen LogP contribution in [-0.2, 0) is 16.6 Å². The first-order valence-corrected chi connectivity index (χ1v) is 7.62. The molecule has 0 saturated carbocycles. The van der Waals surface area contributed by atoms with E-state index in [2.05, 4.69) is 10.0 Å². The summed E-state index contributed by atoms with van der Waals surface area (Å²) in [6.07, 6.45) is 0. The van der Waals surface area contributed by atoms with E-state index in [1.54, 1.807) is 19.2 Å². The molecule has 0 aliphatic heterocycles. The normalized spacial score (nSPS) is 11.4. The van der Waals surface area contributed by atoms with Crippen molar-refractivity contribution in [1.29, 1.82) is 0 Å². The van der Waals surface area contributed by atoms with Crippen LogP contribution in [0.3, 0.4) is 0 Å². The van der Waals surface area contributed by atoms with Crippen LogP contribution in [0.4, 0.5) is 14.5 Å². The van der Waals surface area contributed by atoms with Crippen LogP contribution in [0.5, 0.6) is 0 Å². The maximum atomic E-state index is 13.6. The number of anilines is 1. The Bertz CT molecular complexity index is 748. The Morgan fingerprint density at radius 1 is 1.10 bits per heavy atom. The second-order valence-corrected chi connectivity index (χ2v) is 6.06. The lowest BCUT2D eigenvalue weighted by Gasteiger charge is -2.10. The van der Waals surface area contributed by atoms with Gasteiger partial charge in [-0.05, 0) is 42.9 Å². The Balaban J connectivity index is 2.33. The predicted octanol–water partition coefficient (Wildman–Crippen LogP) is 2.49. The molecule has 0 heterocycles. The highest BCUT2D eigenvalue weighted by Gasteiger charge is 2.20. The van der Waals surface area contributed by atoms with Crippen LogP contribution >= 0.6 is 0 Å². The largest absolute Gasteiger partial charge is 0.316 e. The molecule has 0 aliphatic carbocycles. The SMILES string of the molecule is CNCc1cccc(NS(=O)(=O)c2cc(F)ccc2F)c1. The predicted molar refractivity (Wildman–Crippen MR) is 76.4 cm³/mol. The summed E-state index contributed by atoms with van der Waals surface area (Å²) in [5.41, 5.74) is 1.14. The standard InChI is InChI=1S/C14H14F2N2O2S/c1-17-9-10-3-2-4-12(7-10)18-21(19,20)14-8-11(15)5-6-13(14)16/h2-8,17-18H,9H2,1H3. The first-order valence-electron chi connectivity index (χ1n) is 6.14. The molecule has 21 heavy (non-hydrogen) atoms. The van der Waals surface area contributed by atoms with Crippen LogP contribution in [0.2, 0.25) is 0 Å². The Labute approximate surface area is 121 Å². The third-order valence-electron chi connectivity index (χ3n) is 2.74. The highest BCUT2D eigenvalue weighted by Crippen LogP contribution is 2.20. The van der Waals surface area contributed by atoms with Crippen molar-refractivity contribution in [2.75, 3.05) is 11.8 Å². The molecule has 0 aromatic heterocycles. The number of sulfonamides is 1. The Morgan fingerprint density at radius 3 is 2.57 bits per heavy atom. The molecule has 7 heteroatoms. The fourth-order valence-electron chi connectivity index (χ4n) is 1.84. The summed E-state index contributed by atoms with van der Waals surface area (Å²) < 4.78 is 53.1. The Hall–Kier alpha value is -1.99. The summed E-state index contributed by atoms with van der Waals surface area (Å²) in [6, 6.07) is 8.93. The molecule has 0 fully saturated rings. The molecule has 2 aromatic carbocycles. The second-order valence-electron chi connectivity index (χ2n) is 4.41. The van der Waals surface area contributed by atoms with E-state index in [0.717, 1.165) is 17.7 Å². The van der Waals surface area contributed by atoms with Crippen molar-refractivity contribution in [2.24, 2.45) is 0 Å². The van der Waals surface area contributed by atoms with E-state index < -0.39 is 26.6 Å². The van der Waals surface area contributed by atoms with Crippen LogP contribution in [0.1, 0.15) is 5.56 Å². The van der Waals surface area contributed by atoms with Gasteiger partial charge in [0.05, 0.1) is 0 Å². The Morgan fingerprint density at radius 2 is 1.86 bits per heavy atom. The molecule has 0 bridgehead atoms. The zero-order valence-corrected chi connectivity index (χ0v) is 12.0. The molecule has 4 nitrogen and oxygen atoms in total. The van der Waals surface area contributed by atoms with Gasteiger partial charge >= 0.3 is 0 Å². The summed E-state index contributed by atoms with van der Waals surface area (Å²) in [5, 5.41) is 2.94. The van der Waals surface area contributed by atoms with Crippen molar-refractivity contribution in [3.63, 3.8) is 0 Å². The summed E-state index contributed by atoms with van der Waals surface area (Å²) >= 11 is 0. The van der Waals surface area contributed by atoms with E-state index in [4.69, 9.17) is 0 Å². The van der Waals surface area contributed by atoms with Crippen molar-refractivity contribution in [1.82, 2.24) is 5.32 Å². The second kappa shape index (κ2) is 6.19. The van der Waals surface area contributed by atoms with Gasteiger partial charge < -0.3 is 5.32 Å². The molecule has 0 amide bonds. The number of hydrogen-bond donors (Lipinski definition) is 2. The minimum absolute atomic E-state index is 0.284. The van der Waals surface area contributed by atoms with Crippen molar-refractivity contribution >= 4 is 15.7 Å². The summed E-state index contributed by atoms with van der Waals surface area (Å²) in [5.74, 6) is -1.82. The van der Waals surface area contributed by atoms with Gasteiger partial charge in [0.15, 0.2) is 0 Å². The van der Waals surface area contributed by atoms with Gasteiger partial charge in [-0.1, -0.05) is 12.1 Å². The quantitative estimate of drug-likeness (QED) is 0.892. The van der Waals surface area contributed by atoms with E-state index in [0.29, 0.717) is 12.6 Å². The van der Waals surface area contributed by atoms with Crippen molar-refractivity contribution < 1.29 is 17.2 Å². The molecule has 0 radical (unpaired) electrons. The van der Waals surface area contributed by atoms with Crippen LogP contribution < -0.4 is 10.0 Å². The molecule has 0 atom stereocenters. The third-order valence-corrected chi connectivity index (χ3v) is 4.14. The minimum atomic E-state index is -4.18. The number of nitrogens with one attached hydrogen (secondary N) is 2. The van der Waals surface area contributed by atoms with Crippen LogP contribution in [0.15, 0.2) is 47.4 Å². The van der Waals surface area contributed by atoms with Gasteiger partial charge in [0, 0.05) is 12.2 Å². The molecule has 0 aliphatic rings. The molecule has 112 valence electrons. The molecule has 2 N–H and O–H groups in total. The van der Waals surface area contributed by atoms with E-state index in [1.807, 2.05) is 6.07 Å². The van der Waals surface area contributed by atoms with Gasteiger partial charge in [-0.2, -0.15) is 0 Å². The molecular weight excluding hydrogens is 298 g/mol. The summed E-state index contributed by atoms with van der Waals surface area (Å²) in [7, 11) is -2.42. The maximum absolute atomic E-state index is 13.6. The first kappa shape index (κ1) is 15.4. The number of halogens is 2. The fraction of sp³-hybridized carbons (Fsp3) is 0.143. The number of rotatable bonds is 5. The monoisotopic (exact) mass is 312 g/mol. The third kappa shape index (κ3) is 3.77. The average molecular weight is 312 g/mol. The van der Waals surface area contributed by atoms with E-state index in [1.165, 1.54) is 6.07 Å². The van der Waals surface area contributed by atoms with Crippen molar-refractivity contribution in [3.05, 3.63) is 59.7 Å². The van der Waals surface area contributed by atoms with Gasteiger partial charge in [-0.3, -0.25) is 4.72 Å². The van der Waals surface area contributed by atoms with Crippen LogP contribution in [-0.4, -0.2) is 15.5 Å². The van der Waals surface area contributed by atoms with Gasteiger partial charge in [0.1, 0.15) is 16.5 Å². The van der Waals surface area contributed by atoms with E-state index in [-0.39, 0.29) is 5.69 Å². The zero-order valence-electron chi connectivity index (χ0n) is 11.2. The van der Waals surface area contributed by atoms with Crippen LogP contribution in [0.25, 0.3) is 0 Å². The minimum Gasteiger partial charge on any atom is -0.316 e. The van der Waals surface area contributed by atoms with Gasteiger partial charge in [-0.15, -0.1) is 0 Å². The van der Waals surface area contributed by atoms with Gasteiger partial charge in [-0.25, -0.2) is 17.2 Å². The summed E-state index contributed by atoms with van der Waals surface area (Å²) in [6.45, 7) is 0.559. The molecule has 2 rings (SSSR count). The first-order chi connectivity index (χ1) is 9.92. The highest BCUT2D eigenvalue weighted by atomic mass is 32.2. The molecular formula is C14H14F2N2O2S. The van der Waals surface area contributed by atoms with Crippen LogP contribution in [0, 0.1) is 11.6 Å². The molecule has 2 aromatic rings. The zero-order chi connectivity index (χ0) is 15.5. The molecule has 0 unspecified atom stereocenters. The number of benzene rings is 2. The maximum Gasteiger partial charge on any atom is 0.264 e. The molecule has 0 spiro atoms. The lowest BCUT2D eigenvalue weighted by molar-refractivity contribution is 0.555. The van der Waals surface area contributed by atoms with Crippen molar-refractivity contribution in [3.8, 4) is 0 Å². The van der Waals surface area contributed by atoms with Gasteiger partial charge in [0.2, 0.25) is 0 Å². The highest BCUT2D eigenvalue weighted by molar-refractivity contribution is 7.92.